The van der Waals surface area contributed by atoms with Gasteiger partial charge in [-0.05, 0) is 143 Å². The lowest BCUT2D eigenvalue weighted by molar-refractivity contribution is -0.132. The van der Waals surface area contributed by atoms with Crippen molar-refractivity contribution in [2.75, 3.05) is 60.4 Å². The lowest BCUT2D eigenvalue weighted by Crippen LogP contribution is -2.42. The summed E-state index contributed by atoms with van der Waals surface area (Å²) in [5, 5.41) is 11.1. The SMILES string of the molecule is CC(C)S(=O)(=O)CC1CCN(C(=O)Cc2ccc(N3CCC(O)(c4ccc(Cl)cc4)CC3)cc2)CC1.CC(C)S(=O)(=O)CC1CCN(C(=O)Cc2ccc(NS(=O)(=O)c3ccccc3)cc2)CC1. The first kappa shape index (κ1) is 52.9. The van der Waals surface area contributed by atoms with E-state index in [0.29, 0.717) is 69.0 Å². The van der Waals surface area contributed by atoms with E-state index < -0.39 is 35.3 Å². The second-order valence-corrected chi connectivity index (χ2v) is 26.4. The fraction of sp³-hybridized carbons (Fsp3) is 0.490. The molecule has 2 N–H and O–H groups in total. The molecule has 3 aliphatic heterocycles. The Balaban J connectivity index is 0.000000226. The molecule has 3 saturated heterocycles. The predicted octanol–water partition coefficient (Wildman–Crippen LogP) is 7.52. The number of hydrogen-bond acceptors (Lipinski definition) is 10. The van der Waals surface area contributed by atoms with Gasteiger partial charge in [0.05, 0.1) is 45.3 Å². The molecule has 2 amide bonds. The van der Waals surface area contributed by atoms with E-state index >= 15 is 0 Å². The van der Waals surface area contributed by atoms with Gasteiger partial charge in [-0.1, -0.05) is 66.2 Å². The minimum absolute atomic E-state index is 0.00668. The van der Waals surface area contributed by atoms with Crippen molar-refractivity contribution < 1.29 is 39.9 Å². The van der Waals surface area contributed by atoms with E-state index in [4.69, 9.17) is 11.6 Å². The first-order chi connectivity index (χ1) is 32.1. The highest BCUT2D eigenvalue weighted by Gasteiger charge is 2.34. The first-order valence-electron chi connectivity index (χ1n) is 23.6. The third-order valence-electron chi connectivity index (χ3n) is 13.6. The number of piperidine rings is 3. The van der Waals surface area contributed by atoms with Crippen molar-refractivity contribution in [1.82, 2.24) is 9.80 Å². The van der Waals surface area contributed by atoms with Gasteiger partial charge < -0.3 is 19.8 Å². The van der Waals surface area contributed by atoms with Crippen molar-refractivity contribution >= 4 is 64.5 Å². The van der Waals surface area contributed by atoms with Gasteiger partial charge in [-0.3, -0.25) is 14.3 Å². The normalized spacial score (nSPS) is 17.4. The molecule has 4 aromatic carbocycles. The van der Waals surface area contributed by atoms with Gasteiger partial charge in [-0.15, -0.1) is 0 Å². The molecule has 0 aromatic heterocycles. The molecule has 0 atom stereocenters. The van der Waals surface area contributed by atoms with Crippen LogP contribution in [0, 0.1) is 11.8 Å². The average Bonchev–Trinajstić information content (AvgIpc) is 3.31. The molecule has 0 saturated carbocycles. The molecule has 0 unspecified atom stereocenters. The van der Waals surface area contributed by atoms with E-state index in [0.717, 1.165) is 48.3 Å². The maximum Gasteiger partial charge on any atom is 0.261 e. The molecule has 0 spiro atoms. The number of aliphatic hydroxyl groups is 1. The highest BCUT2D eigenvalue weighted by molar-refractivity contribution is 7.93. The summed E-state index contributed by atoms with van der Waals surface area (Å²) in [5.41, 5.74) is 3.37. The fourth-order valence-electron chi connectivity index (χ4n) is 8.83. The minimum atomic E-state index is -3.66. The quantitative estimate of drug-likeness (QED) is 0.121. The van der Waals surface area contributed by atoms with Crippen LogP contribution in [0.5, 0.6) is 0 Å². The zero-order valence-electron chi connectivity index (χ0n) is 39.6. The molecule has 0 aliphatic carbocycles. The number of anilines is 2. The van der Waals surface area contributed by atoms with Gasteiger partial charge in [0.2, 0.25) is 11.8 Å². The summed E-state index contributed by atoms with van der Waals surface area (Å²) >= 11 is 5.99. The van der Waals surface area contributed by atoms with E-state index in [2.05, 4.69) is 21.8 Å². The molecule has 370 valence electrons. The van der Waals surface area contributed by atoms with Gasteiger partial charge in [-0.2, -0.15) is 0 Å². The summed E-state index contributed by atoms with van der Waals surface area (Å²) in [6, 6.07) is 30.5. The molecule has 4 aromatic rings. The van der Waals surface area contributed by atoms with Crippen LogP contribution in [0.3, 0.4) is 0 Å². The smallest absolute Gasteiger partial charge is 0.261 e. The maximum atomic E-state index is 12.8. The Labute approximate surface area is 409 Å². The Morgan fingerprint density at radius 2 is 1.04 bits per heavy atom. The van der Waals surface area contributed by atoms with Crippen molar-refractivity contribution in [2.45, 2.75) is 100 Å². The number of sulfonamides is 1. The van der Waals surface area contributed by atoms with Crippen LogP contribution >= 0.6 is 11.6 Å². The predicted molar refractivity (Wildman–Crippen MR) is 271 cm³/mol. The lowest BCUT2D eigenvalue weighted by atomic mass is 9.84. The van der Waals surface area contributed by atoms with Crippen LogP contribution in [0.15, 0.2) is 108 Å². The molecule has 3 heterocycles. The highest BCUT2D eigenvalue weighted by Crippen LogP contribution is 2.35. The van der Waals surface area contributed by atoms with Gasteiger partial charge in [-0.25, -0.2) is 25.3 Å². The average molecular weight is 1010 g/mol. The third kappa shape index (κ3) is 14.5. The molecule has 68 heavy (non-hydrogen) atoms. The van der Waals surface area contributed by atoms with Crippen LogP contribution in [-0.4, -0.2) is 113 Å². The molecule has 17 heteroatoms. The molecule has 0 radical (unpaired) electrons. The molecule has 0 bridgehead atoms. The number of hydrogen-bond donors (Lipinski definition) is 2. The summed E-state index contributed by atoms with van der Waals surface area (Å²) < 4.78 is 76.0. The number of carbonyl (C=O) groups is 2. The second-order valence-electron chi connectivity index (χ2n) is 19.1. The van der Waals surface area contributed by atoms with Crippen LogP contribution in [0.2, 0.25) is 5.02 Å². The van der Waals surface area contributed by atoms with Crippen molar-refractivity contribution in [2.24, 2.45) is 11.8 Å². The van der Waals surface area contributed by atoms with Crippen LogP contribution < -0.4 is 9.62 Å². The number of amides is 2. The van der Waals surface area contributed by atoms with Crippen molar-refractivity contribution in [3.8, 4) is 0 Å². The summed E-state index contributed by atoms with van der Waals surface area (Å²) in [6.45, 7) is 10.7. The molecule has 13 nitrogen and oxygen atoms in total. The number of halogens is 1. The zero-order valence-corrected chi connectivity index (χ0v) is 42.8. The van der Waals surface area contributed by atoms with Crippen molar-refractivity contribution in [3.05, 3.63) is 125 Å². The monoisotopic (exact) mass is 1010 g/mol. The Hall–Kier alpha value is -4.48. The summed E-state index contributed by atoms with van der Waals surface area (Å²) in [6.07, 6.45) is 4.73. The summed E-state index contributed by atoms with van der Waals surface area (Å²) in [7, 11) is -9.78. The first-order valence-corrected chi connectivity index (χ1v) is 28.9. The third-order valence-corrected chi connectivity index (χ3v) is 19.9. The maximum absolute atomic E-state index is 12.8. The van der Waals surface area contributed by atoms with E-state index in [1.807, 2.05) is 41.3 Å². The molecule has 3 fully saturated rings. The summed E-state index contributed by atoms with van der Waals surface area (Å²) in [4.78, 5) is 31.6. The van der Waals surface area contributed by atoms with Crippen LogP contribution in [0.25, 0.3) is 0 Å². The summed E-state index contributed by atoms with van der Waals surface area (Å²) in [5.74, 6) is 0.743. The zero-order chi connectivity index (χ0) is 49.3. The van der Waals surface area contributed by atoms with Crippen LogP contribution in [0.1, 0.15) is 82.9 Å². The van der Waals surface area contributed by atoms with Crippen molar-refractivity contribution in [1.29, 1.82) is 0 Å². The van der Waals surface area contributed by atoms with Gasteiger partial charge in [0.25, 0.3) is 10.0 Å². The van der Waals surface area contributed by atoms with E-state index in [1.165, 1.54) is 12.1 Å². The lowest BCUT2D eigenvalue weighted by Gasteiger charge is -2.39. The van der Waals surface area contributed by atoms with Gasteiger partial charge in [0, 0.05) is 55.7 Å². The minimum Gasteiger partial charge on any atom is -0.385 e. The van der Waals surface area contributed by atoms with Crippen molar-refractivity contribution in [3.63, 3.8) is 0 Å². The number of likely N-dealkylation sites (tertiary alicyclic amines) is 2. The number of sulfone groups is 2. The molecule has 3 aliphatic rings. The number of rotatable bonds is 15. The van der Waals surface area contributed by atoms with Gasteiger partial charge in [0.15, 0.2) is 19.7 Å². The number of nitrogens with zero attached hydrogens (tertiary/aromatic N) is 3. The molecular weight excluding hydrogens is 944 g/mol. The fourth-order valence-corrected chi connectivity index (χ4v) is 12.8. The Morgan fingerprint density at radius 3 is 1.47 bits per heavy atom. The van der Waals surface area contributed by atoms with Gasteiger partial charge >= 0.3 is 0 Å². The Morgan fingerprint density at radius 1 is 0.618 bits per heavy atom. The van der Waals surface area contributed by atoms with Crippen LogP contribution in [-0.2, 0) is 57.7 Å². The number of nitrogens with one attached hydrogen (secondary N) is 1. The molecule has 7 rings (SSSR count). The van der Waals surface area contributed by atoms with E-state index in [-0.39, 0.29) is 57.0 Å². The van der Waals surface area contributed by atoms with Gasteiger partial charge in [0.1, 0.15) is 0 Å². The van der Waals surface area contributed by atoms with E-state index in [1.54, 1.807) is 75.1 Å². The topological polar surface area (TPSA) is 179 Å². The Bertz CT molecular complexity index is 2630. The highest BCUT2D eigenvalue weighted by atomic mass is 35.5. The number of carbonyl (C=O) groups excluding carboxylic acids is 2. The number of benzene rings is 4. The van der Waals surface area contributed by atoms with Crippen LogP contribution in [0.4, 0.5) is 11.4 Å². The molecular formula is C51H67ClN4O9S3. The standard InChI is InChI=1S/C28H37ClN2O4S.C23H30N2O5S2/c1-21(2)36(34,35)20-23-11-15-31(16-12-23)27(32)19-22-3-9-26(10-4-22)30-17-13-28(33,14-18-30)24-5-7-25(29)8-6-24;1-18(2)31(27,28)17-20-12-14-25(15-13-20)23(26)16-19-8-10-21(11-9-19)24-32(29,30)22-6-4-3-5-7-22/h3-10,21,23,33H,11-20H2,1-2H3;3-11,18,20,24H,12-17H2,1-2H3. The largest absolute Gasteiger partial charge is 0.385 e. The van der Waals surface area contributed by atoms with E-state index in [9.17, 15) is 39.9 Å². The second kappa shape index (κ2) is 23.0. The Kier molecular flexibility index (Phi) is 17.9.